The van der Waals surface area contributed by atoms with E-state index in [0.717, 1.165) is 11.8 Å². The predicted octanol–water partition coefficient (Wildman–Crippen LogP) is 2.70. The molecule has 2 aromatic rings. The SMILES string of the molecule is CC(CC=O)c1ccc(-n2ccnc2)c(F)c1. The van der Waals surface area contributed by atoms with E-state index in [4.69, 9.17) is 0 Å². The molecule has 1 atom stereocenters. The summed E-state index contributed by atoms with van der Waals surface area (Å²) in [6.07, 6.45) is 6.10. The van der Waals surface area contributed by atoms with E-state index in [1.807, 2.05) is 13.0 Å². The number of carbonyl (C=O) groups is 1. The highest BCUT2D eigenvalue weighted by atomic mass is 19.1. The van der Waals surface area contributed by atoms with Gasteiger partial charge in [-0.2, -0.15) is 0 Å². The van der Waals surface area contributed by atoms with Gasteiger partial charge in [-0.3, -0.25) is 0 Å². The molecule has 0 fully saturated rings. The molecule has 0 N–H and O–H groups in total. The van der Waals surface area contributed by atoms with Crippen LogP contribution in [0.2, 0.25) is 0 Å². The van der Waals surface area contributed by atoms with E-state index in [2.05, 4.69) is 4.98 Å². The molecule has 0 aliphatic carbocycles. The summed E-state index contributed by atoms with van der Waals surface area (Å²) >= 11 is 0. The van der Waals surface area contributed by atoms with Crippen molar-refractivity contribution < 1.29 is 9.18 Å². The summed E-state index contributed by atoms with van der Waals surface area (Å²) in [5.41, 5.74) is 1.29. The van der Waals surface area contributed by atoms with Gasteiger partial charge in [0, 0.05) is 18.8 Å². The van der Waals surface area contributed by atoms with Crippen molar-refractivity contribution in [1.82, 2.24) is 9.55 Å². The van der Waals surface area contributed by atoms with Crippen LogP contribution in [0.15, 0.2) is 36.9 Å². The number of rotatable bonds is 4. The molecule has 0 bridgehead atoms. The molecule has 0 aliphatic heterocycles. The highest BCUT2D eigenvalue weighted by Crippen LogP contribution is 2.22. The molecule has 88 valence electrons. The van der Waals surface area contributed by atoms with Crippen molar-refractivity contribution in [1.29, 1.82) is 0 Å². The molecular formula is C13H13FN2O. The van der Waals surface area contributed by atoms with Crippen molar-refractivity contribution >= 4 is 6.29 Å². The molecular weight excluding hydrogens is 219 g/mol. The van der Waals surface area contributed by atoms with Gasteiger partial charge in [-0.15, -0.1) is 0 Å². The molecule has 0 radical (unpaired) electrons. The van der Waals surface area contributed by atoms with E-state index >= 15 is 0 Å². The van der Waals surface area contributed by atoms with Gasteiger partial charge in [-0.05, 0) is 23.6 Å². The third-order valence-electron chi connectivity index (χ3n) is 2.77. The first-order valence-corrected chi connectivity index (χ1v) is 5.43. The van der Waals surface area contributed by atoms with Gasteiger partial charge in [0.25, 0.3) is 0 Å². The Hall–Kier alpha value is -1.97. The monoisotopic (exact) mass is 232 g/mol. The summed E-state index contributed by atoms with van der Waals surface area (Å²) in [7, 11) is 0. The van der Waals surface area contributed by atoms with Gasteiger partial charge in [0.2, 0.25) is 0 Å². The lowest BCUT2D eigenvalue weighted by Gasteiger charge is -2.10. The Balaban J connectivity index is 2.32. The third kappa shape index (κ3) is 2.41. The van der Waals surface area contributed by atoms with Crippen LogP contribution in [0.1, 0.15) is 24.8 Å². The second-order valence-electron chi connectivity index (χ2n) is 3.98. The van der Waals surface area contributed by atoms with Crippen LogP contribution >= 0.6 is 0 Å². The maximum absolute atomic E-state index is 13.9. The number of nitrogens with zero attached hydrogens (tertiary/aromatic N) is 2. The highest BCUT2D eigenvalue weighted by Gasteiger charge is 2.09. The summed E-state index contributed by atoms with van der Waals surface area (Å²) in [5.74, 6) is -0.267. The number of aromatic nitrogens is 2. The zero-order chi connectivity index (χ0) is 12.3. The van der Waals surface area contributed by atoms with Crippen molar-refractivity contribution in [3.05, 3.63) is 48.3 Å². The van der Waals surface area contributed by atoms with E-state index in [1.165, 1.54) is 6.07 Å². The maximum Gasteiger partial charge on any atom is 0.147 e. The van der Waals surface area contributed by atoms with Crippen LogP contribution in [0.3, 0.4) is 0 Å². The molecule has 0 saturated carbocycles. The summed E-state index contributed by atoms with van der Waals surface area (Å²) in [6.45, 7) is 1.90. The molecule has 2 rings (SSSR count). The molecule has 3 nitrogen and oxygen atoms in total. The average Bonchev–Trinajstić information content (AvgIpc) is 2.82. The summed E-state index contributed by atoms with van der Waals surface area (Å²) in [5, 5.41) is 0. The van der Waals surface area contributed by atoms with Crippen LogP contribution in [-0.4, -0.2) is 15.8 Å². The summed E-state index contributed by atoms with van der Waals surface area (Å²) in [4.78, 5) is 14.3. The molecule has 0 spiro atoms. The van der Waals surface area contributed by atoms with E-state index in [1.54, 1.807) is 29.4 Å². The standard InChI is InChI=1S/C13H13FN2O/c1-10(4-7-17)11-2-3-13(12(14)8-11)16-6-5-15-9-16/h2-3,5-10H,4H2,1H3. The maximum atomic E-state index is 13.9. The highest BCUT2D eigenvalue weighted by molar-refractivity contribution is 5.51. The van der Waals surface area contributed by atoms with Gasteiger partial charge in [0.05, 0.1) is 12.0 Å². The molecule has 0 aliphatic rings. The fourth-order valence-electron chi connectivity index (χ4n) is 1.72. The van der Waals surface area contributed by atoms with Crippen molar-refractivity contribution in [2.24, 2.45) is 0 Å². The minimum absolute atomic E-state index is 0.0406. The Morgan fingerprint density at radius 2 is 2.35 bits per heavy atom. The van der Waals surface area contributed by atoms with Crippen molar-refractivity contribution in [3.63, 3.8) is 0 Å². The number of imidazole rings is 1. The van der Waals surface area contributed by atoms with Crippen LogP contribution in [0, 0.1) is 5.82 Å². The van der Waals surface area contributed by atoms with E-state index in [9.17, 15) is 9.18 Å². The van der Waals surface area contributed by atoms with Crippen molar-refractivity contribution in [3.8, 4) is 5.69 Å². The van der Waals surface area contributed by atoms with Gasteiger partial charge < -0.3 is 9.36 Å². The number of carbonyl (C=O) groups excluding carboxylic acids is 1. The minimum Gasteiger partial charge on any atom is -0.303 e. The predicted molar refractivity (Wildman–Crippen MR) is 62.6 cm³/mol. The zero-order valence-electron chi connectivity index (χ0n) is 9.51. The Bertz CT molecular complexity index is 508. The van der Waals surface area contributed by atoms with Gasteiger partial charge in [0.1, 0.15) is 12.1 Å². The van der Waals surface area contributed by atoms with Crippen molar-refractivity contribution in [2.45, 2.75) is 19.3 Å². The molecule has 0 saturated heterocycles. The van der Waals surface area contributed by atoms with Crippen LogP contribution in [0.25, 0.3) is 5.69 Å². The second kappa shape index (κ2) is 4.91. The molecule has 1 aromatic carbocycles. The first-order valence-electron chi connectivity index (χ1n) is 5.43. The number of hydrogen-bond acceptors (Lipinski definition) is 2. The van der Waals surface area contributed by atoms with Crippen LogP contribution < -0.4 is 0 Å². The fourth-order valence-corrected chi connectivity index (χ4v) is 1.72. The Morgan fingerprint density at radius 1 is 1.53 bits per heavy atom. The normalized spacial score (nSPS) is 12.4. The van der Waals surface area contributed by atoms with Crippen molar-refractivity contribution in [2.75, 3.05) is 0 Å². The second-order valence-corrected chi connectivity index (χ2v) is 3.98. The lowest BCUT2D eigenvalue weighted by Crippen LogP contribution is -1.99. The quantitative estimate of drug-likeness (QED) is 0.760. The summed E-state index contributed by atoms with van der Waals surface area (Å²) < 4.78 is 15.5. The number of hydrogen-bond donors (Lipinski definition) is 0. The molecule has 1 heterocycles. The molecule has 17 heavy (non-hydrogen) atoms. The molecule has 0 amide bonds. The zero-order valence-corrected chi connectivity index (χ0v) is 9.51. The first-order chi connectivity index (χ1) is 8.22. The number of aldehydes is 1. The topological polar surface area (TPSA) is 34.9 Å². The Morgan fingerprint density at radius 3 is 2.94 bits per heavy atom. The number of benzene rings is 1. The third-order valence-corrected chi connectivity index (χ3v) is 2.77. The Labute approximate surface area is 98.9 Å². The lowest BCUT2D eigenvalue weighted by atomic mass is 9.98. The lowest BCUT2D eigenvalue weighted by molar-refractivity contribution is -0.108. The van der Waals surface area contributed by atoms with Crippen LogP contribution in [-0.2, 0) is 4.79 Å². The molecule has 4 heteroatoms. The average molecular weight is 232 g/mol. The Kier molecular flexibility index (Phi) is 3.32. The summed E-state index contributed by atoms with van der Waals surface area (Å²) in [6, 6.07) is 5.02. The number of halogens is 1. The van der Waals surface area contributed by atoms with E-state index < -0.39 is 0 Å². The van der Waals surface area contributed by atoms with E-state index in [0.29, 0.717) is 12.1 Å². The van der Waals surface area contributed by atoms with Gasteiger partial charge >= 0.3 is 0 Å². The van der Waals surface area contributed by atoms with Crippen LogP contribution in [0.4, 0.5) is 4.39 Å². The first kappa shape index (κ1) is 11.5. The van der Waals surface area contributed by atoms with Gasteiger partial charge in [-0.1, -0.05) is 13.0 Å². The minimum atomic E-state index is -0.307. The molecule has 1 aromatic heterocycles. The molecule has 1 unspecified atom stereocenters. The fraction of sp³-hybridized carbons (Fsp3) is 0.231. The van der Waals surface area contributed by atoms with E-state index in [-0.39, 0.29) is 11.7 Å². The van der Waals surface area contributed by atoms with Gasteiger partial charge in [0.15, 0.2) is 0 Å². The smallest absolute Gasteiger partial charge is 0.147 e. The largest absolute Gasteiger partial charge is 0.303 e. The van der Waals surface area contributed by atoms with Crippen LogP contribution in [0.5, 0.6) is 0 Å². The van der Waals surface area contributed by atoms with Gasteiger partial charge in [-0.25, -0.2) is 9.37 Å².